The van der Waals surface area contributed by atoms with E-state index in [1.54, 1.807) is 0 Å². The van der Waals surface area contributed by atoms with Gasteiger partial charge in [0.2, 0.25) is 0 Å². The number of benzene rings is 1. The average Bonchev–Trinajstić information content (AvgIpc) is 2.19. The standard InChI is InChI=1S/C12H16BrNO2/c1-8(5-12(15)16)7-14-10-3-4-11(13)9(2)6-10/h3-4,6,8,14H,5,7H2,1-2H3,(H,15,16). The first-order valence-corrected chi connectivity index (χ1v) is 6.00. The number of halogens is 1. The molecule has 0 aliphatic rings. The Labute approximate surface area is 104 Å². The lowest BCUT2D eigenvalue weighted by atomic mass is 10.1. The SMILES string of the molecule is Cc1cc(NCC(C)CC(=O)O)ccc1Br. The molecule has 0 radical (unpaired) electrons. The first-order chi connectivity index (χ1) is 7.49. The molecule has 0 amide bonds. The van der Waals surface area contributed by atoms with Gasteiger partial charge in [0.25, 0.3) is 0 Å². The molecule has 0 bridgehead atoms. The highest BCUT2D eigenvalue weighted by Crippen LogP contribution is 2.20. The monoisotopic (exact) mass is 285 g/mol. The van der Waals surface area contributed by atoms with Crippen LogP contribution in [0.3, 0.4) is 0 Å². The molecule has 0 fully saturated rings. The second-order valence-electron chi connectivity index (χ2n) is 4.05. The van der Waals surface area contributed by atoms with E-state index in [-0.39, 0.29) is 12.3 Å². The van der Waals surface area contributed by atoms with Gasteiger partial charge in [-0.1, -0.05) is 22.9 Å². The second kappa shape index (κ2) is 5.89. The first kappa shape index (κ1) is 13.0. The van der Waals surface area contributed by atoms with Crippen molar-refractivity contribution in [2.45, 2.75) is 20.3 Å². The summed E-state index contributed by atoms with van der Waals surface area (Å²) < 4.78 is 1.08. The minimum atomic E-state index is -0.749. The second-order valence-corrected chi connectivity index (χ2v) is 4.90. The van der Waals surface area contributed by atoms with Crippen molar-refractivity contribution >= 4 is 27.6 Å². The maximum Gasteiger partial charge on any atom is 0.303 e. The summed E-state index contributed by atoms with van der Waals surface area (Å²) in [6.45, 7) is 4.62. The Hall–Kier alpha value is -1.03. The molecule has 4 heteroatoms. The summed E-state index contributed by atoms with van der Waals surface area (Å²) in [7, 11) is 0. The number of anilines is 1. The van der Waals surface area contributed by atoms with Crippen LogP contribution in [-0.4, -0.2) is 17.6 Å². The van der Waals surface area contributed by atoms with Crippen LogP contribution in [0, 0.1) is 12.8 Å². The van der Waals surface area contributed by atoms with E-state index in [1.807, 2.05) is 32.0 Å². The highest BCUT2D eigenvalue weighted by Gasteiger charge is 2.07. The molecule has 0 spiro atoms. The number of carbonyl (C=O) groups is 1. The van der Waals surface area contributed by atoms with Gasteiger partial charge in [-0.2, -0.15) is 0 Å². The third-order valence-electron chi connectivity index (χ3n) is 2.34. The number of nitrogens with one attached hydrogen (secondary N) is 1. The van der Waals surface area contributed by atoms with Crippen LogP contribution >= 0.6 is 15.9 Å². The maximum absolute atomic E-state index is 10.5. The smallest absolute Gasteiger partial charge is 0.303 e. The molecular weight excluding hydrogens is 270 g/mol. The predicted octanol–water partition coefficient (Wildman–Crippen LogP) is 3.28. The first-order valence-electron chi connectivity index (χ1n) is 5.21. The van der Waals surface area contributed by atoms with Crippen molar-refractivity contribution in [1.82, 2.24) is 0 Å². The zero-order valence-corrected chi connectivity index (χ0v) is 11.0. The molecule has 88 valence electrons. The van der Waals surface area contributed by atoms with Crippen molar-refractivity contribution in [3.8, 4) is 0 Å². The number of hydrogen-bond donors (Lipinski definition) is 2. The number of hydrogen-bond acceptors (Lipinski definition) is 2. The van der Waals surface area contributed by atoms with Gasteiger partial charge in [0.1, 0.15) is 0 Å². The number of rotatable bonds is 5. The Morgan fingerprint density at radius 1 is 1.56 bits per heavy atom. The van der Waals surface area contributed by atoms with Gasteiger partial charge in [0, 0.05) is 23.1 Å². The molecule has 0 aliphatic carbocycles. The zero-order valence-electron chi connectivity index (χ0n) is 9.46. The van der Waals surface area contributed by atoms with Crippen molar-refractivity contribution in [3.05, 3.63) is 28.2 Å². The quantitative estimate of drug-likeness (QED) is 0.873. The Bertz CT molecular complexity index is 379. The van der Waals surface area contributed by atoms with Crippen molar-refractivity contribution in [1.29, 1.82) is 0 Å². The van der Waals surface area contributed by atoms with Gasteiger partial charge >= 0.3 is 5.97 Å². The van der Waals surface area contributed by atoms with Crippen LogP contribution in [0.2, 0.25) is 0 Å². The van der Waals surface area contributed by atoms with Gasteiger partial charge in [-0.3, -0.25) is 4.79 Å². The fourth-order valence-corrected chi connectivity index (χ4v) is 1.66. The molecule has 1 aromatic rings. The van der Waals surface area contributed by atoms with Crippen LogP contribution in [0.1, 0.15) is 18.9 Å². The van der Waals surface area contributed by atoms with E-state index in [9.17, 15) is 4.79 Å². The summed E-state index contributed by atoms with van der Waals surface area (Å²) in [5.41, 5.74) is 2.19. The molecule has 0 saturated heterocycles. The van der Waals surface area contributed by atoms with Crippen LogP contribution in [0.4, 0.5) is 5.69 Å². The lowest BCUT2D eigenvalue weighted by molar-refractivity contribution is -0.137. The molecule has 1 aromatic carbocycles. The largest absolute Gasteiger partial charge is 0.481 e. The third kappa shape index (κ3) is 4.23. The fraction of sp³-hybridized carbons (Fsp3) is 0.417. The molecule has 0 saturated carbocycles. The van der Waals surface area contributed by atoms with Crippen molar-refractivity contribution in [2.24, 2.45) is 5.92 Å². The van der Waals surface area contributed by atoms with Crippen molar-refractivity contribution < 1.29 is 9.90 Å². The Morgan fingerprint density at radius 3 is 2.81 bits per heavy atom. The van der Waals surface area contributed by atoms with Crippen LogP contribution in [0.5, 0.6) is 0 Å². The molecule has 0 aromatic heterocycles. The van der Waals surface area contributed by atoms with E-state index in [0.29, 0.717) is 6.54 Å². The van der Waals surface area contributed by atoms with Gasteiger partial charge in [-0.15, -0.1) is 0 Å². The molecule has 16 heavy (non-hydrogen) atoms. The van der Waals surface area contributed by atoms with E-state index in [1.165, 1.54) is 0 Å². The Balaban J connectivity index is 2.48. The molecule has 0 aliphatic heterocycles. The number of carboxylic acids is 1. The third-order valence-corrected chi connectivity index (χ3v) is 3.23. The summed E-state index contributed by atoms with van der Waals surface area (Å²) in [5.74, 6) is -0.622. The molecular formula is C12H16BrNO2. The normalized spacial score (nSPS) is 12.2. The number of carboxylic acid groups (broad SMARTS) is 1. The fourth-order valence-electron chi connectivity index (χ4n) is 1.42. The van der Waals surface area contributed by atoms with Gasteiger partial charge in [-0.05, 0) is 36.6 Å². The van der Waals surface area contributed by atoms with E-state index < -0.39 is 5.97 Å². The summed E-state index contributed by atoms with van der Waals surface area (Å²) >= 11 is 3.44. The lowest BCUT2D eigenvalue weighted by Gasteiger charge is -2.12. The van der Waals surface area contributed by atoms with Crippen molar-refractivity contribution in [2.75, 3.05) is 11.9 Å². The molecule has 1 atom stereocenters. The average molecular weight is 286 g/mol. The van der Waals surface area contributed by atoms with Gasteiger partial charge in [-0.25, -0.2) is 0 Å². The summed E-state index contributed by atoms with van der Waals surface area (Å²) in [4.78, 5) is 10.5. The van der Waals surface area contributed by atoms with Gasteiger partial charge in [0.15, 0.2) is 0 Å². The molecule has 0 heterocycles. The summed E-state index contributed by atoms with van der Waals surface area (Å²) in [5, 5.41) is 11.9. The van der Waals surface area contributed by atoms with E-state index in [2.05, 4.69) is 21.2 Å². The molecule has 1 rings (SSSR count). The topological polar surface area (TPSA) is 49.3 Å². The highest BCUT2D eigenvalue weighted by atomic mass is 79.9. The zero-order chi connectivity index (χ0) is 12.1. The van der Waals surface area contributed by atoms with E-state index in [0.717, 1.165) is 15.7 Å². The molecule has 2 N–H and O–H groups in total. The van der Waals surface area contributed by atoms with Gasteiger partial charge < -0.3 is 10.4 Å². The number of aryl methyl sites for hydroxylation is 1. The molecule has 1 unspecified atom stereocenters. The van der Waals surface area contributed by atoms with E-state index in [4.69, 9.17) is 5.11 Å². The predicted molar refractivity (Wildman–Crippen MR) is 68.8 cm³/mol. The van der Waals surface area contributed by atoms with Crippen LogP contribution in [0.15, 0.2) is 22.7 Å². The number of aliphatic carboxylic acids is 1. The van der Waals surface area contributed by atoms with Crippen LogP contribution in [-0.2, 0) is 4.79 Å². The van der Waals surface area contributed by atoms with E-state index >= 15 is 0 Å². The van der Waals surface area contributed by atoms with Gasteiger partial charge in [0.05, 0.1) is 0 Å². The Kier molecular flexibility index (Phi) is 4.80. The maximum atomic E-state index is 10.5. The minimum Gasteiger partial charge on any atom is -0.481 e. The highest BCUT2D eigenvalue weighted by molar-refractivity contribution is 9.10. The summed E-state index contributed by atoms with van der Waals surface area (Å²) in [6, 6.07) is 6.00. The Morgan fingerprint density at radius 2 is 2.25 bits per heavy atom. The van der Waals surface area contributed by atoms with Crippen LogP contribution < -0.4 is 5.32 Å². The van der Waals surface area contributed by atoms with Crippen LogP contribution in [0.25, 0.3) is 0 Å². The van der Waals surface area contributed by atoms with Crippen molar-refractivity contribution in [3.63, 3.8) is 0 Å². The lowest BCUT2D eigenvalue weighted by Crippen LogP contribution is -2.14. The summed E-state index contributed by atoms with van der Waals surface area (Å²) in [6.07, 6.45) is 0.197. The minimum absolute atomic E-state index is 0.126. The molecule has 3 nitrogen and oxygen atoms in total.